The molecule has 5 nitrogen and oxygen atoms in total. The zero-order valence-electron chi connectivity index (χ0n) is 15.7. The van der Waals surface area contributed by atoms with Gasteiger partial charge < -0.3 is 14.7 Å². The maximum atomic E-state index is 13.3. The van der Waals surface area contributed by atoms with Crippen LogP contribution in [0.4, 0.5) is 14.9 Å². The van der Waals surface area contributed by atoms with Gasteiger partial charge >= 0.3 is 6.16 Å². The van der Waals surface area contributed by atoms with Crippen molar-refractivity contribution in [3.05, 3.63) is 83.7 Å². The van der Waals surface area contributed by atoms with Crippen LogP contribution in [0.15, 0.2) is 67.3 Å². The molecule has 0 aliphatic rings. The van der Waals surface area contributed by atoms with E-state index in [0.29, 0.717) is 11.3 Å². The second-order valence-corrected chi connectivity index (χ2v) is 7.64. The Morgan fingerprint density at radius 3 is 2.57 bits per heavy atom. The first-order valence-corrected chi connectivity index (χ1v) is 10.0. The minimum atomic E-state index is -1.48. The Kier molecular flexibility index (Phi) is 6.87. The maximum Gasteiger partial charge on any atom is 0.512 e. The number of halogens is 2. The van der Waals surface area contributed by atoms with Crippen LogP contribution in [0.25, 0.3) is 10.4 Å². The van der Waals surface area contributed by atoms with E-state index in [9.17, 15) is 14.0 Å². The van der Waals surface area contributed by atoms with Gasteiger partial charge in [0.05, 0.1) is 12.1 Å². The van der Waals surface area contributed by atoms with E-state index in [4.69, 9.17) is 21.4 Å². The smallest absolute Gasteiger partial charge is 0.449 e. The minimum Gasteiger partial charge on any atom is -0.449 e. The molecule has 0 saturated heterocycles. The number of nitrogens with zero attached hydrogens (tertiary/aromatic N) is 1. The summed E-state index contributed by atoms with van der Waals surface area (Å²) in [7, 11) is 0. The highest BCUT2D eigenvalue weighted by Gasteiger charge is 2.24. The molecule has 0 saturated carbocycles. The van der Waals surface area contributed by atoms with Crippen molar-refractivity contribution < 1.29 is 23.8 Å². The lowest BCUT2D eigenvalue weighted by Gasteiger charge is -2.21. The third-order valence-corrected chi connectivity index (χ3v) is 5.58. The number of hydrogen-bond acceptors (Lipinski definition) is 4. The third kappa shape index (κ3) is 5.06. The summed E-state index contributed by atoms with van der Waals surface area (Å²) in [6.45, 7) is 3.80. The molecule has 1 heterocycles. The van der Waals surface area contributed by atoms with Crippen molar-refractivity contribution in [2.45, 2.75) is 6.42 Å². The molecule has 8 heteroatoms. The fourth-order valence-electron chi connectivity index (χ4n) is 2.84. The summed E-state index contributed by atoms with van der Waals surface area (Å²) in [6.07, 6.45) is -0.0600. The highest BCUT2D eigenvalue weighted by Crippen LogP contribution is 2.43. The van der Waals surface area contributed by atoms with Gasteiger partial charge in [-0.05, 0) is 29.3 Å². The Morgan fingerprint density at radius 1 is 1.20 bits per heavy atom. The fourth-order valence-corrected chi connectivity index (χ4v) is 4.08. The lowest BCUT2D eigenvalue weighted by molar-refractivity contribution is -0.117. The molecule has 0 atom stereocenters. The van der Waals surface area contributed by atoms with Crippen LogP contribution in [0.3, 0.4) is 0 Å². The molecule has 3 rings (SSSR count). The number of thiophene rings is 1. The predicted octanol–water partition coefficient (Wildman–Crippen LogP) is 6.03. The van der Waals surface area contributed by atoms with Gasteiger partial charge in [0.2, 0.25) is 11.0 Å². The normalized spacial score (nSPS) is 10.5. The molecule has 0 unspecified atom stereocenters. The molecule has 0 aliphatic carbocycles. The summed E-state index contributed by atoms with van der Waals surface area (Å²) in [5.74, 6) is -0.863. The van der Waals surface area contributed by atoms with Crippen molar-refractivity contribution in [3.63, 3.8) is 0 Å². The topological polar surface area (TPSA) is 66.8 Å². The SMILES string of the molecule is C=CCN(C(=O)Cc1ccc(F)cc1Cl)c1cc(-c2ccccc2)sc1OC(=O)O. The first-order chi connectivity index (χ1) is 14.4. The van der Waals surface area contributed by atoms with Crippen LogP contribution in [0, 0.1) is 5.82 Å². The van der Waals surface area contributed by atoms with Crippen LogP contribution < -0.4 is 9.64 Å². The van der Waals surface area contributed by atoms with E-state index in [0.717, 1.165) is 27.8 Å². The van der Waals surface area contributed by atoms with Gasteiger partial charge in [-0.25, -0.2) is 9.18 Å². The fraction of sp³-hybridized carbons (Fsp3) is 0.0909. The number of ether oxygens (including phenoxy) is 1. The second-order valence-electron chi connectivity index (χ2n) is 6.22. The average molecular weight is 446 g/mol. The quantitative estimate of drug-likeness (QED) is 0.356. The Balaban J connectivity index is 1.99. The standard InChI is InChI=1S/C22H17ClFNO4S/c1-2-10-25(20(26)11-15-8-9-16(24)12-17(15)23)18-13-19(14-6-4-3-5-7-14)30-21(18)29-22(27)28/h2-9,12-13H,1,10-11H2,(H,27,28). The van der Waals surface area contributed by atoms with Crippen LogP contribution in [-0.4, -0.2) is 23.7 Å². The van der Waals surface area contributed by atoms with E-state index in [1.165, 1.54) is 23.1 Å². The number of carbonyl (C=O) groups is 2. The predicted molar refractivity (Wildman–Crippen MR) is 116 cm³/mol. The Labute approximate surface area is 181 Å². The highest BCUT2D eigenvalue weighted by molar-refractivity contribution is 7.18. The van der Waals surface area contributed by atoms with E-state index in [1.54, 1.807) is 6.07 Å². The van der Waals surface area contributed by atoms with Crippen LogP contribution in [0.1, 0.15) is 5.56 Å². The van der Waals surface area contributed by atoms with Gasteiger partial charge in [0.15, 0.2) is 0 Å². The van der Waals surface area contributed by atoms with Crippen molar-refractivity contribution in [2.24, 2.45) is 0 Å². The number of anilines is 1. The highest BCUT2D eigenvalue weighted by atomic mass is 35.5. The lowest BCUT2D eigenvalue weighted by atomic mass is 10.1. The van der Waals surface area contributed by atoms with Crippen molar-refractivity contribution in [1.29, 1.82) is 0 Å². The molecule has 1 N–H and O–H groups in total. The molecular weight excluding hydrogens is 429 g/mol. The van der Waals surface area contributed by atoms with Gasteiger partial charge in [0.25, 0.3) is 0 Å². The molecule has 1 aromatic heterocycles. The van der Waals surface area contributed by atoms with Gasteiger partial charge in [0, 0.05) is 16.4 Å². The Bertz CT molecular complexity index is 1080. The monoisotopic (exact) mass is 445 g/mol. The first-order valence-electron chi connectivity index (χ1n) is 8.84. The molecule has 154 valence electrons. The molecule has 0 radical (unpaired) electrons. The number of benzene rings is 2. The minimum absolute atomic E-state index is 0.0711. The number of rotatable bonds is 7. The zero-order chi connectivity index (χ0) is 21.7. The van der Waals surface area contributed by atoms with E-state index in [-0.39, 0.29) is 29.0 Å². The second kappa shape index (κ2) is 9.56. The van der Waals surface area contributed by atoms with E-state index in [2.05, 4.69) is 6.58 Å². The molecule has 1 amide bonds. The molecule has 0 aliphatic heterocycles. The van der Waals surface area contributed by atoms with E-state index >= 15 is 0 Å². The number of carbonyl (C=O) groups excluding carboxylic acids is 1. The summed E-state index contributed by atoms with van der Waals surface area (Å²) >= 11 is 7.17. The van der Waals surface area contributed by atoms with Crippen molar-refractivity contribution in [1.82, 2.24) is 0 Å². The average Bonchev–Trinajstić information content (AvgIpc) is 3.11. The summed E-state index contributed by atoms with van der Waals surface area (Å²) < 4.78 is 18.2. The third-order valence-electron chi connectivity index (χ3n) is 4.18. The van der Waals surface area contributed by atoms with Crippen LogP contribution >= 0.6 is 22.9 Å². The number of carboxylic acid groups (broad SMARTS) is 1. The van der Waals surface area contributed by atoms with Gasteiger partial charge in [-0.15, -0.1) is 6.58 Å². The van der Waals surface area contributed by atoms with Crippen LogP contribution in [0.5, 0.6) is 5.06 Å². The summed E-state index contributed by atoms with van der Waals surface area (Å²) in [4.78, 5) is 26.4. The summed E-state index contributed by atoms with van der Waals surface area (Å²) in [5.41, 5.74) is 1.62. The number of amides is 1. The Hall–Kier alpha value is -3.16. The van der Waals surface area contributed by atoms with Crippen LogP contribution in [-0.2, 0) is 11.2 Å². The maximum absolute atomic E-state index is 13.3. The van der Waals surface area contributed by atoms with E-state index < -0.39 is 12.0 Å². The van der Waals surface area contributed by atoms with Gasteiger partial charge in [0.1, 0.15) is 5.82 Å². The van der Waals surface area contributed by atoms with Gasteiger partial charge in [-0.1, -0.05) is 65.4 Å². The largest absolute Gasteiger partial charge is 0.512 e. The molecule has 2 aromatic carbocycles. The molecule has 3 aromatic rings. The number of hydrogen-bond donors (Lipinski definition) is 1. The molecule has 0 spiro atoms. The van der Waals surface area contributed by atoms with Gasteiger partial charge in [-0.2, -0.15) is 0 Å². The lowest BCUT2D eigenvalue weighted by Crippen LogP contribution is -2.32. The molecule has 0 bridgehead atoms. The first kappa shape index (κ1) is 21.5. The van der Waals surface area contributed by atoms with Crippen molar-refractivity contribution >= 4 is 40.7 Å². The summed E-state index contributed by atoms with van der Waals surface area (Å²) in [5, 5.41) is 9.34. The molecule has 0 fully saturated rings. The van der Waals surface area contributed by atoms with Crippen molar-refractivity contribution in [3.8, 4) is 15.5 Å². The van der Waals surface area contributed by atoms with Crippen LogP contribution in [0.2, 0.25) is 5.02 Å². The van der Waals surface area contributed by atoms with Gasteiger partial charge in [-0.3, -0.25) is 4.79 Å². The summed E-state index contributed by atoms with van der Waals surface area (Å²) in [6, 6.07) is 14.8. The Morgan fingerprint density at radius 2 is 1.93 bits per heavy atom. The molecular formula is C22H17ClFNO4S. The molecule has 30 heavy (non-hydrogen) atoms. The van der Waals surface area contributed by atoms with Crippen molar-refractivity contribution in [2.75, 3.05) is 11.4 Å². The zero-order valence-corrected chi connectivity index (χ0v) is 17.3. The van der Waals surface area contributed by atoms with E-state index in [1.807, 2.05) is 30.3 Å².